The van der Waals surface area contributed by atoms with Gasteiger partial charge in [0.25, 0.3) is 5.91 Å². The summed E-state index contributed by atoms with van der Waals surface area (Å²) < 4.78 is 7.17. The van der Waals surface area contributed by atoms with E-state index in [1.54, 1.807) is 7.11 Å². The number of hydrogen-bond donors (Lipinski definition) is 1. The minimum Gasteiger partial charge on any atom is -0.497 e. The van der Waals surface area contributed by atoms with Crippen LogP contribution < -0.4 is 10.1 Å². The van der Waals surface area contributed by atoms with Crippen LogP contribution in [0.25, 0.3) is 0 Å². The van der Waals surface area contributed by atoms with E-state index in [0.29, 0.717) is 12.2 Å². The maximum Gasteiger partial charge on any atom is 0.267 e. The summed E-state index contributed by atoms with van der Waals surface area (Å²) in [5.74, 6) is 0.779. The lowest BCUT2D eigenvalue weighted by Gasteiger charge is -2.30. The predicted octanol–water partition coefficient (Wildman–Crippen LogP) is 2.85. The molecule has 0 bridgehead atoms. The minimum atomic E-state index is -0.0532. The van der Waals surface area contributed by atoms with Crippen molar-refractivity contribution in [2.75, 3.05) is 26.7 Å². The van der Waals surface area contributed by atoms with Crippen molar-refractivity contribution in [1.82, 2.24) is 14.8 Å². The normalized spacial score (nSPS) is 12.2. The third kappa shape index (κ3) is 4.17. The summed E-state index contributed by atoms with van der Waals surface area (Å²) in [4.78, 5) is 14.7. The lowest BCUT2D eigenvalue weighted by Crippen LogP contribution is -2.38. The molecule has 0 saturated heterocycles. The van der Waals surface area contributed by atoms with Gasteiger partial charge in [0.2, 0.25) is 0 Å². The van der Waals surface area contributed by atoms with Gasteiger partial charge >= 0.3 is 0 Å². The second kappa shape index (κ2) is 8.55. The Kier molecular flexibility index (Phi) is 6.44. The van der Waals surface area contributed by atoms with Gasteiger partial charge in [0.15, 0.2) is 0 Å². The molecule has 1 unspecified atom stereocenters. The zero-order valence-corrected chi connectivity index (χ0v) is 15.0. The van der Waals surface area contributed by atoms with Gasteiger partial charge in [-0.25, -0.2) is 0 Å². The molecule has 1 aromatic carbocycles. The maximum atomic E-state index is 12.4. The Balaban J connectivity index is 2.17. The molecule has 1 atom stereocenters. The smallest absolute Gasteiger partial charge is 0.267 e. The van der Waals surface area contributed by atoms with Gasteiger partial charge in [0.05, 0.1) is 13.2 Å². The second-order valence-electron chi connectivity index (χ2n) is 5.73. The van der Waals surface area contributed by atoms with E-state index in [1.807, 2.05) is 48.1 Å². The average Bonchev–Trinajstić information content (AvgIpc) is 3.04. The average molecular weight is 329 g/mol. The van der Waals surface area contributed by atoms with Crippen LogP contribution in [0.15, 0.2) is 42.6 Å². The van der Waals surface area contributed by atoms with Crippen molar-refractivity contribution in [3.05, 3.63) is 53.9 Å². The molecule has 0 saturated carbocycles. The third-order valence-corrected chi connectivity index (χ3v) is 4.36. The monoisotopic (exact) mass is 329 g/mol. The number of nitrogens with zero attached hydrogens (tertiary/aromatic N) is 2. The summed E-state index contributed by atoms with van der Waals surface area (Å²) in [6.45, 7) is 6.65. The molecule has 1 N–H and O–H groups in total. The van der Waals surface area contributed by atoms with E-state index in [4.69, 9.17) is 4.74 Å². The summed E-state index contributed by atoms with van der Waals surface area (Å²) in [5.41, 5.74) is 1.81. The molecule has 0 spiro atoms. The molecule has 5 nitrogen and oxygen atoms in total. The fourth-order valence-electron chi connectivity index (χ4n) is 2.95. The Labute approximate surface area is 144 Å². The van der Waals surface area contributed by atoms with E-state index in [-0.39, 0.29) is 11.9 Å². The number of ether oxygens (including phenoxy) is 1. The molecular formula is C19H27N3O2. The molecule has 24 heavy (non-hydrogen) atoms. The zero-order chi connectivity index (χ0) is 17.5. The number of amides is 1. The Morgan fingerprint density at radius 1 is 1.25 bits per heavy atom. The van der Waals surface area contributed by atoms with Crippen LogP contribution in [0.2, 0.25) is 0 Å². The Bertz CT molecular complexity index is 662. The van der Waals surface area contributed by atoms with E-state index in [9.17, 15) is 4.79 Å². The van der Waals surface area contributed by atoms with Gasteiger partial charge in [0, 0.05) is 19.8 Å². The summed E-state index contributed by atoms with van der Waals surface area (Å²) in [6.07, 6.45) is 1.87. The van der Waals surface area contributed by atoms with Crippen molar-refractivity contribution in [3.8, 4) is 5.75 Å². The van der Waals surface area contributed by atoms with Gasteiger partial charge in [-0.15, -0.1) is 0 Å². The minimum absolute atomic E-state index is 0.0532. The van der Waals surface area contributed by atoms with Gasteiger partial charge in [-0.3, -0.25) is 9.69 Å². The van der Waals surface area contributed by atoms with E-state index >= 15 is 0 Å². The highest BCUT2D eigenvalue weighted by Crippen LogP contribution is 2.23. The molecule has 0 radical (unpaired) electrons. The topological polar surface area (TPSA) is 46.5 Å². The molecule has 1 heterocycles. The van der Waals surface area contributed by atoms with E-state index in [0.717, 1.165) is 24.4 Å². The number of likely N-dealkylation sites (N-methyl/N-ethyl adjacent to an activating group) is 1. The molecule has 1 amide bonds. The van der Waals surface area contributed by atoms with Crippen molar-refractivity contribution in [2.45, 2.75) is 19.9 Å². The number of aromatic nitrogens is 1. The Morgan fingerprint density at radius 2 is 2.00 bits per heavy atom. The third-order valence-electron chi connectivity index (χ3n) is 4.36. The van der Waals surface area contributed by atoms with Crippen LogP contribution in [0.4, 0.5) is 0 Å². The predicted molar refractivity (Wildman–Crippen MR) is 96.4 cm³/mol. The summed E-state index contributed by atoms with van der Waals surface area (Å²) in [7, 11) is 3.54. The molecule has 1 aromatic heterocycles. The molecule has 130 valence electrons. The highest BCUT2D eigenvalue weighted by atomic mass is 16.5. The summed E-state index contributed by atoms with van der Waals surface area (Å²) in [6, 6.07) is 11.9. The Hall–Kier alpha value is -2.27. The van der Waals surface area contributed by atoms with Crippen LogP contribution in [0.3, 0.4) is 0 Å². The number of carbonyl (C=O) groups is 1. The van der Waals surface area contributed by atoms with Crippen LogP contribution in [-0.2, 0) is 7.05 Å². The first-order chi connectivity index (χ1) is 11.6. The number of rotatable bonds is 8. The van der Waals surface area contributed by atoms with Gasteiger partial charge < -0.3 is 14.6 Å². The van der Waals surface area contributed by atoms with Crippen molar-refractivity contribution >= 4 is 5.91 Å². The standard InChI is InChI=1S/C19H27N3O2/c1-5-22(6-2)18(15-9-7-10-16(13-15)24-4)14-20-19(23)17-11-8-12-21(17)3/h7-13,18H,5-6,14H2,1-4H3,(H,20,23). The van der Waals surface area contributed by atoms with Crippen LogP contribution in [0, 0.1) is 0 Å². The Morgan fingerprint density at radius 3 is 2.58 bits per heavy atom. The van der Waals surface area contributed by atoms with Crippen LogP contribution in [-0.4, -0.2) is 42.1 Å². The fourth-order valence-corrected chi connectivity index (χ4v) is 2.95. The molecule has 5 heteroatoms. The maximum absolute atomic E-state index is 12.4. The highest BCUT2D eigenvalue weighted by molar-refractivity contribution is 5.92. The molecular weight excluding hydrogens is 302 g/mol. The molecule has 0 aliphatic heterocycles. The molecule has 2 rings (SSSR count). The molecule has 0 fully saturated rings. The zero-order valence-electron chi connectivity index (χ0n) is 15.0. The number of aryl methyl sites for hydroxylation is 1. The SMILES string of the molecule is CCN(CC)C(CNC(=O)c1cccn1C)c1cccc(OC)c1. The van der Waals surface area contributed by atoms with Crippen LogP contribution >= 0.6 is 0 Å². The summed E-state index contributed by atoms with van der Waals surface area (Å²) in [5, 5.41) is 3.07. The van der Waals surface area contributed by atoms with Gasteiger partial charge in [-0.1, -0.05) is 26.0 Å². The van der Waals surface area contributed by atoms with Gasteiger partial charge in [-0.2, -0.15) is 0 Å². The van der Waals surface area contributed by atoms with Gasteiger partial charge in [0.1, 0.15) is 11.4 Å². The van der Waals surface area contributed by atoms with Crippen LogP contribution in [0.5, 0.6) is 5.75 Å². The van der Waals surface area contributed by atoms with Crippen molar-refractivity contribution in [2.24, 2.45) is 7.05 Å². The fraction of sp³-hybridized carbons (Fsp3) is 0.421. The lowest BCUT2D eigenvalue weighted by atomic mass is 10.0. The number of hydrogen-bond acceptors (Lipinski definition) is 3. The van der Waals surface area contributed by atoms with Crippen LogP contribution in [0.1, 0.15) is 35.9 Å². The lowest BCUT2D eigenvalue weighted by molar-refractivity contribution is 0.0927. The van der Waals surface area contributed by atoms with Gasteiger partial charge in [-0.05, 0) is 42.9 Å². The largest absolute Gasteiger partial charge is 0.497 e. The second-order valence-corrected chi connectivity index (χ2v) is 5.73. The molecule has 0 aliphatic rings. The van der Waals surface area contributed by atoms with Crippen molar-refractivity contribution in [3.63, 3.8) is 0 Å². The first-order valence-electron chi connectivity index (χ1n) is 8.38. The quantitative estimate of drug-likeness (QED) is 0.810. The first kappa shape index (κ1) is 18.1. The number of carbonyl (C=O) groups excluding carboxylic acids is 1. The first-order valence-corrected chi connectivity index (χ1v) is 8.38. The highest BCUT2D eigenvalue weighted by Gasteiger charge is 2.20. The summed E-state index contributed by atoms with van der Waals surface area (Å²) >= 11 is 0. The van der Waals surface area contributed by atoms with Crippen molar-refractivity contribution < 1.29 is 9.53 Å². The van der Waals surface area contributed by atoms with E-state index in [2.05, 4.69) is 30.1 Å². The van der Waals surface area contributed by atoms with E-state index < -0.39 is 0 Å². The number of benzene rings is 1. The van der Waals surface area contributed by atoms with E-state index in [1.165, 1.54) is 0 Å². The van der Waals surface area contributed by atoms with Crippen molar-refractivity contribution in [1.29, 1.82) is 0 Å². The molecule has 0 aliphatic carbocycles. The number of methoxy groups -OCH3 is 1. The molecule has 2 aromatic rings. The number of nitrogens with one attached hydrogen (secondary N) is 1.